The number of carbonyl (C=O) groups is 1. The van der Waals surface area contributed by atoms with Crippen LogP contribution in [0.2, 0.25) is 0 Å². The molecule has 1 aromatic heterocycles. The molecule has 3 aromatic rings. The van der Waals surface area contributed by atoms with Crippen LogP contribution < -0.4 is 5.32 Å². The summed E-state index contributed by atoms with van der Waals surface area (Å²) in [6, 6.07) is 18.5. The molecule has 0 amide bonds. The summed E-state index contributed by atoms with van der Waals surface area (Å²) in [6.45, 7) is 1.60. The molecule has 27 heavy (non-hydrogen) atoms. The molecule has 0 radical (unpaired) electrons. The zero-order chi connectivity index (χ0) is 18.8. The van der Waals surface area contributed by atoms with Gasteiger partial charge >= 0.3 is 0 Å². The smallest absolute Gasteiger partial charge is 0.178 e. The highest BCUT2D eigenvalue weighted by Gasteiger charge is 2.27. The molecule has 2 aromatic carbocycles. The first-order valence-electron chi connectivity index (χ1n) is 9.26. The van der Waals surface area contributed by atoms with Gasteiger partial charge in [0.2, 0.25) is 0 Å². The predicted molar refractivity (Wildman–Crippen MR) is 111 cm³/mol. The van der Waals surface area contributed by atoms with Crippen molar-refractivity contribution < 1.29 is 4.79 Å². The second-order valence-corrected chi connectivity index (χ2v) is 6.93. The van der Waals surface area contributed by atoms with Gasteiger partial charge in [-0.2, -0.15) is 0 Å². The van der Waals surface area contributed by atoms with Crippen LogP contribution in [0, 0.1) is 0 Å². The van der Waals surface area contributed by atoms with Crippen molar-refractivity contribution in [2.75, 3.05) is 7.05 Å². The van der Waals surface area contributed by atoms with E-state index in [1.54, 1.807) is 6.92 Å². The minimum absolute atomic E-state index is 0.0193. The summed E-state index contributed by atoms with van der Waals surface area (Å²) >= 11 is 0. The SMILES string of the molecule is CN[C@H](Cc1c[nH]c2ccccc12)C1=NC(C(C)=O)=C(c2ccccc2)C1. The number of para-hydroxylation sites is 1. The third-order valence-corrected chi connectivity index (χ3v) is 5.20. The fourth-order valence-electron chi connectivity index (χ4n) is 3.79. The molecule has 0 spiro atoms. The summed E-state index contributed by atoms with van der Waals surface area (Å²) in [7, 11) is 1.95. The number of benzene rings is 2. The lowest BCUT2D eigenvalue weighted by atomic mass is 9.94. The monoisotopic (exact) mass is 357 g/mol. The number of rotatable bonds is 6. The Morgan fingerprint density at radius 2 is 1.89 bits per heavy atom. The topological polar surface area (TPSA) is 57.2 Å². The van der Waals surface area contributed by atoms with Crippen LogP contribution in [-0.4, -0.2) is 29.6 Å². The zero-order valence-corrected chi connectivity index (χ0v) is 15.6. The Bertz CT molecular complexity index is 1040. The molecule has 1 atom stereocenters. The summed E-state index contributed by atoms with van der Waals surface area (Å²) in [4.78, 5) is 20.3. The second-order valence-electron chi connectivity index (χ2n) is 6.93. The molecule has 0 aliphatic carbocycles. The molecule has 2 heterocycles. The van der Waals surface area contributed by atoms with Gasteiger partial charge in [-0.05, 0) is 36.2 Å². The van der Waals surface area contributed by atoms with E-state index in [-0.39, 0.29) is 11.8 Å². The maximum absolute atomic E-state index is 12.2. The van der Waals surface area contributed by atoms with Gasteiger partial charge in [-0.25, -0.2) is 0 Å². The van der Waals surface area contributed by atoms with Crippen molar-refractivity contribution in [2.45, 2.75) is 25.8 Å². The number of carbonyl (C=O) groups excluding carboxylic acids is 1. The minimum atomic E-state index is 0.0193. The number of hydrogen-bond donors (Lipinski definition) is 2. The molecule has 1 aliphatic heterocycles. The Hall–Kier alpha value is -2.98. The number of Topliss-reactive ketones (excluding diaryl/α,β-unsaturated/α-hetero) is 1. The number of fused-ring (bicyclic) bond motifs is 1. The van der Waals surface area contributed by atoms with E-state index in [2.05, 4.69) is 34.7 Å². The fraction of sp³-hybridized carbons (Fsp3) is 0.217. The first-order valence-corrected chi connectivity index (χ1v) is 9.26. The number of likely N-dealkylation sites (N-methyl/N-ethyl adjacent to an activating group) is 1. The van der Waals surface area contributed by atoms with Gasteiger partial charge in [0.15, 0.2) is 5.78 Å². The Morgan fingerprint density at radius 1 is 1.15 bits per heavy atom. The summed E-state index contributed by atoms with van der Waals surface area (Å²) in [5, 5.41) is 4.63. The summed E-state index contributed by atoms with van der Waals surface area (Å²) in [5.41, 5.74) is 6.11. The highest BCUT2D eigenvalue weighted by Crippen LogP contribution is 2.31. The van der Waals surface area contributed by atoms with Gasteiger partial charge in [0.05, 0.1) is 0 Å². The lowest BCUT2D eigenvalue weighted by Gasteiger charge is -2.16. The molecular formula is C23H23N3O. The Balaban J connectivity index is 1.62. The van der Waals surface area contributed by atoms with Crippen LogP contribution in [-0.2, 0) is 11.2 Å². The standard InChI is InChI=1S/C23H23N3O/c1-15(27)23-19(16-8-4-3-5-9-16)13-22(26-23)21(24-2)12-17-14-25-20-11-7-6-10-18(17)20/h3-11,14,21,24-25H,12-13H2,1-2H3/t21-/m1/s1. The number of allylic oxidation sites excluding steroid dienone is 2. The third kappa shape index (κ3) is 3.36. The average Bonchev–Trinajstić information content (AvgIpc) is 3.31. The highest BCUT2D eigenvalue weighted by atomic mass is 16.1. The van der Waals surface area contributed by atoms with E-state index in [4.69, 9.17) is 4.99 Å². The van der Waals surface area contributed by atoms with Gasteiger partial charge in [-0.1, -0.05) is 48.5 Å². The number of H-pyrrole nitrogens is 1. The summed E-state index contributed by atoms with van der Waals surface area (Å²) < 4.78 is 0. The van der Waals surface area contributed by atoms with Crippen LogP contribution in [0.5, 0.6) is 0 Å². The third-order valence-electron chi connectivity index (χ3n) is 5.20. The lowest BCUT2D eigenvalue weighted by Crippen LogP contribution is -2.35. The van der Waals surface area contributed by atoms with Crippen LogP contribution in [0.1, 0.15) is 24.5 Å². The molecular weight excluding hydrogens is 334 g/mol. The van der Waals surface area contributed by atoms with E-state index in [0.717, 1.165) is 28.8 Å². The predicted octanol–water partition coefficient (Wildman–Crippen LogP) is 4.14. The van der Waals surface area contributed by atoms with Crippen LogP contribution in [0.3, 0.4) is 0 Å². The van der Waals surface area contributed by atoms with Gasteiger partial charge in [-0.3, -0.25) is 9.79 Å². The van der Waals surface area contributed by atoms with E-state index in [1.807, 2.05) is 43.4 Å². The molecule has 0 bridgehead atoms. The van der Waals surface area contributed by atoms with E-state index in [9.17, 15) is 4.79 Å². The number of aromatic nitrogens is 1. The van der Waals surface area contributed by atoms with Gasteiger partial charge in [0, 0.05) is 42.2 Å². The van der Waals surface area contributed by atoms with Crippen molar-refractivity contribution in [1.29, 1.82) is 0 Å². The van der Waals surface area contributed by atoms with E-state index < -0.39 is 0 Å². The molecule has 136 valence electrons. The Morgan fingerprint density at radius 3 is 2.63 bits per heavy atom. The van der Waals surface area contributed by atoms with Gasteiger partial charge in [0.25, 0.3) is 0 Å². The van der Waals surface area contributed by atoms with Crippen LogP contribution in [0.25, 0.3) is 16.5 Å². The summed E-state index contributed by atoms with van der Waals surface area (Å²) in [5.74, 6) is 0.0193. The van der Waals surface area contributed by atoms with Gasteiger partial charge in [0.1, 0.15) is 5.70 Å². The van der Waals surface area contributed by atoms with Gasteiger partial charge in [-0.15, -0.1) is 0 Å². The quantitative estimate of drug-likeness (QED) is 0.696. The van der Waals surface area contributed by atoms with Crippen molar-refractivity contribution in [2.24, 2.45) is 4.99 Å². The van der Waals surface area contributed by atoms with E-state index >= 15 is 0 Å². The number of nitrogens with zero attached hydrogens (tertiary/aromatic N) is 1. The molecule has 0 unspecified atom stereocenters. The average molecular weight is 357 g/mol. The number of hydrogen-bond acceptors (Lipinski definition) is 3. The van der Waals surface area contributed by atoms with Gasteiger partial charge < -0.3 is 10.3 Å². The number of aliphatic imine (C=N–C) groups is 1. The lowest BCUT2D eigenvalue weighted by molar-refractivity contribution is -0.113. The van der Waals surface area contributed by atoms with Crippen molar-refractivity contribution in [3.63, 3.8) is 0 Å². The first kappa shape index (κ1) is 17.4. The zero-order valence-electron chi connectivity index (χ0n) is 15.6. The van der Waals surface area contributed by atoms with Crippen LogP contribution in [0.4, 0.5) is 0 Å². The second kappa shape index (κ2) is 7.33. The van der Waals surface area contributed by atoms with Crippen LogP contribution >= 0.6 is 0 Å². The van der Waals surface area contributed by atoms with Crippen molar-refractivity contribution in [3.05, 3.63) is 77.6 Å². The molecule has 0 saturated carbocycles. The Labute approximate surface area is 159 Å². The van der Waals surface area contributed by atoms with Crippen molar-refractivity contribution >= 4 is 28.0 Å². The first-order chi connectivity index (χ1) is 13.2. The molecule has 1 aliphatic rings. The summed E-state index contributed by atoms with van der Waals surface area (Å²) in [6.07, 6.45) is 3.60. The van der Waals surface area contributed by atoms with Crippen LogP contribution in [0.15, 0.2) is 71.5 Å². The van der Waals surface area contributed by atoms with Crippen molar-refractivity contribution in [1.82, 2.24) is 10.3 Å². The maximum Gasteiger partial charge on any atom is 0.178 e. The van der Waals surface area contributed by atoms with Crippen molar-refractivity contribution in [3.8, 4) is 0 Å². The molecule has 4 nitrogen and oxygen atoms in total. The van der Waals surface area contributed by atoms with E-state index in [0.29, 0.717) is 12.1 Å². The molecule has 2 N–H and O–H groups in total. The number of aromatic amines is 1. The molecule has 4 rings (SSSR count). The highest BCUT2D eigenvalue weighted by molar-refractivity contribution is 6.13. The molecule has 4 heteroatoms. The molecule has 0 fully saturated rings. The fourth-order valence-corrected chi connectivity index (χ4v) is 3.79. The number of nitrogens with one attached hydrogen (secondary N) is 2. The normalized spacial score (nSPS) is 15.3. The minimum Gasteiger partial charge on any atom is -0.361 e. The Kier molecular flexibility index (Phi) is 4.73. The largest absolute Gasteiger partial charge is 0.361 e. The maximum atomic E-state index is 12.2. The van der Waals surface area contributed by atoms with E-state index in [1.165, 1.54) is 10.9 Å². The number of ketones is 1. The molecule has 0 saturated heterocycles.